The van der Waals surface area contributed by atoms with E-state index in [2.05, 4.69) is 17.2 Å². The molecule has 2 aromatic heterocycles. The molecule has 2 aromatic rings. The van der Waals surface area contributed by atoms with Crippen LogP contribution < -0.4 is 5.32 Å². The van der Waals surface area contributed by atoms with Crippen molar-refractivity contribution in [2.75, 3.05) is 0 Å². The molecule has 0 aliphatic carbocycles. The number of nitrogens with zero attached hydrogens (tertiary/aromatic N) is 1. The molecule has 2 rings (SSSR count). The number of nitrogens with one attached hydrogen (secondary N) is 1. The quantitative estimate of drug-likeness (QED) is 0.859. The summed E-state index contributed by atoms with van der Waals surface area (Å²) in [6.45, 7) is 6.94. The number of carboxylic acid groups (broad SMARTS) is 1. The van der Waals surface area contributed by atoms with Gasteiger partial charge in [-0.3, -0.25) is 4.79 Å². The Balaban J connectivity index is 1.93. The van der Waals surface area contributed by atoms with Crippen LogP contribution in [0.4, 0.5) is 0 Å². The molecule has 2 N–H and O–H groups in total. The van der Waals surface area contributed by atoms with E-state index in [1.165, 1.54) is 4.88 Å². The summed E-state index contributed by atoms with van der Waals surface area (Å²) in [5, 5.41) is 13.3. The maximum Gasteiger partial charge on any atom is 0.308 e. The van der Waals surface area contributed by atoms with Gasteiger partial charge in [0, 0.05) is 27.2 Å². The van der Waals surface area contributed by atoms with E-state index in [1.807, 2.05) is 26.0 Å². The second kappa shape index (κ2) is 6.47. The molecule has 0 fully saturated rings. The Kier molecular flexibility index (Phi) is 4.91. The molecule has 0 saturated heterocycles. The van der Waals surface area contributed by atoms with E-state index in [0.29, 0.717) is 0 Å². The van der Waals surface area contributed by atoms with Crippen LogP contribution in [-0.2, 0) is 17.8 Å². The van der Waals surface area contributed by atoms with Gasteiger partial charge in [-0.25, -0.2) is 4.98 Å². The van der Waals surface area contributed by atoms with Gasteiger partial charge < -0.3 is 10.4 Å². The maximum absolute atomic E-state index is 10.7. The number of thiazole rings is 1. The van der Waals surface area contributed by atoms with Crippen molar-refractivity contribution in [3.8, 4) is 0 Å². The number of carbonyl (C=O) groups is 1. The molecule has 108 valence electrons. The summed E-state index contributed by atoms with van der Waals surface area (Å²) in [5.41, 5.74) is 1.09. The molecular formula is C14H18N2O2S2. The Hall–Kier alpha value is -1.24. The van der Waals surface area contributed by atoms with E-state index in [1.54, 1.807) is 22.7 Å². The van der Waals surface area contributed by atoms with Crippen LogP contribution in [0.25, 0.3) is 0 Å². The zero-order valence-corrected chi connectivity index (χ0v) is 13.4. The van der Waals surface area contributed by atoms with Crippen molar-refractivity contribution in [1.82, 2.24) is 10.3 Å². The normalized spacial score (nSPS) is 12.6. The zero-order valence-electron chi connectivity index (χ0n) is 11.8. The summed E-state index contributed by atoms with van der Waals surface area (Å²) in [5.74, 6) is -0.782. The Bertz CT molecular complexity index is 604. The number of hydrogen-bond acceptors (Lipinski definition) is 5. The van der Waals surface area contributed by atoms with Gasteiger partial charge in [0.1, 0.15) is 0 Å². The Labute approximate surface area is 126 Å². The Morgan fingerprint density at radius 2 is 2.05 bits per heavy atom. The summed E-state index contributed by atoms with van der Waals surface area (Å²) in [6.07, 6.45) is 0.105. The molecule has 0 radical (unpaired) electrons. The molecule has 0 spiro atoms. The molecular weight excluding hydrogens is 292 g/mol. The number of aromatic nitrogens is 1. The van der Waals surface area contributed by atoms with Crippen molar-refractivity contribution in [1.29, 1.82) is 0 Å². The topological polar surface area (TPSA) is 62.2 Å². The number of rotatable bonds is 6. The van der Waals surface area contributed by atoms with Crippen LogP contribution in [0, 0.1) is 13.8 Å². The summed E-state index contributed by atoms with van der Waals surface area (Å²) >= 11 is 3.28. The molecule has 0 saturated carbocycles. The molecule has 0 bridgehead atoms. The van der Waals surface area contributed by atoms with Crippen LogP contribution in [0.15, 0.2) is 12.1 Å². The van der Waals surface area contributed by atoms with Crippen LogP contribution >= 0.6 is 22.7 Å². The highest BCUT2D eigenvalue weighted by molar-refractivity contribution is 7.12. The summed E-state index contributed by atoms with van der Waals surface area (Å²) < 4.78 is 0. The highest BCUT2D eigenvalue weighted by Gasteiger charge is 2.13. The van der Waals surface area contributed by atoms with Gasteiger partial charge in [0.15, 0.2) is 0 Å². The van der Waals surface area contributed by atoms with Crippen molar-refractivity contribution in [3.63, 3.8) is 0 Å². The minimum absolute atomic E-state index is 0.105. The van der Waals surface area contributed by atoms with E-state index in [9.17, 15) is 4.79 Å². The second-order valence-electron chi connectivity index (χ2n) is 4.72. The molecule has 0 aromatic carbocycles. The molecule has 0 aliphatic heterocycles. The summed E-state index contributed by atoms with van der Waals surface area (Å²) in [4.78, 5) is 18.4. The molecule has 20 heavy (non-hydrogen) atoms. The fraction of sp³-hybridized carbons (Fsp3) is 0.429. The van der Waals surface area contributed by atoms with Gasteiger partial charge in [-0.05, 0) is 32.9 Å². The van der Waals surface area contributed by atoms with Gasteiger partial charge in [0.2, 0.25) is 0 Å². The Morgan fingerprint density at radius 3 is 2.65 bits per heavy atom. The molecule has 0 aliphatic rings. The van der Waals surface area contributed by atoms with Crippen LogP contribution in [-0.4, -0.2) is 16.1 Å². The van der Waals surface area contributed by atoms with Crippen molar-refractivity contribution in [3.05, 3.63) is 37.5 Å². The fourth-order valence-corrected chi connectivity index (χ4v) is 3.97. The average molecular weight is 310 g/mol. The smallest absolute Gasteiger partial charge is 0.308 e. The third-order valence-corrected chi connectivity index (χ3v) is 5.30. The van der Waals surface area contributed by atoms with Crippen LogP contribution in [0.3, 0.4) is 0 Å². The lowest BCUT2D eigenvalue weighted by Gasteiger charge is -2.11. The highest BCUT2D eigenvalue weighted by atomic mass is 32.1. The maximum atomic E-state index is 10.7. The van der Waals surface area contributed by atoms with Gasteiger partial charge in [0.25, 0.3) is 0 Å². The first-order chi connectivity index (χ1) is 9.45. The lowest BCUT2D eigenvalue weighted by molar-refractivity contribution is -0.136. The predicted molar refractivity (Wildman–Crippen MR) is 82.5 cm³/mol. The van der Waals surface area contributed by atoms with Gasteiger partial charge in [-0.1, -0.05) is 0 Å². The number of thiophene rings is 1. The molecule has 1 atom stereocenters. The van der Waals surface area contributed by atoms with Crippen molar-refractivity contribution >= 4 is 28.6 Å². The van der Waals surface area contributed by atoms with Gasteiger partial charge >= 0.3 is 5.97 Å². The highest BCUT2D eigenvalue weighted by Crippen LogP contribution is 2.25. The predicted octanol–water partition coefficient (Wildman–Crippen LogP) is 3.30. The number of aryl methyl sites for hydroxylation is 2. The van der Waals surface area contributed by atoms with E-state index in [-0.39, 0.29) is 12.5 Å². The SMILES string of the molecule is Cc1nc(C)c(C(C)NCc2ccc(CC(=O)O)s2)s1. The monoisotopic (exact) mass is 310 g/mol. The molecule has 0 amide bonds. The van der Waals surface area contributed by atoms with Gasteiger partial charge in [0.05, 0.1) is 17.1 Å². The Morgan fingerprint density at radius 1 is 1.35 bits per heavy atom. The van der Waals surface area contributed by atoms with Crippen LogP contribution in [0.2, 0.25) is 0 Å². The van der Waals surface area contributed by atoms with E-state index in [4.69, 9.17) is 5.11 Å². The first-order valence-electron chi connectivity index (χ1n) is 6.42. The van der Waals surface area contributed by atoms with E-state index >= 15 is 0 Å². The van der Waals surface area contributed by atoms with Crippen molar-refractivity contribution in [2.24, 2.45) is 0 Å². The first-order valence-corrected chi connectivity index (χ1v) is 8.05. The average Bonchev–Trinajstić information content (AvgIpc) is 2.92. The van der Waals surface area contributed by atoms with Gasteiger partial charge in [-0.15, -0.1) is 22.7 Å². The minimum Gasteiger partial charge on any atom is -0.481 e. The lowest BCUT2D eigenvalue weighted by Crippen LogP contribution is -2.17. The standard InChI is InChI=1S/C14H18N2O2S2/c1-8(14-9(2)16-10(3)19-14)15-7-12-5-4-11(20-12)6-13(17)18/h4-5,8,15H,6-7H2,1-3H3,(H,17,18). The van der Waals surface area contributed by atoms with Crippen LogP contribution in [0.1, 0.15) is 38.3 Å². The molecule has 1 unspecified atom stereocenters. The third kappa shape index (κ3) is 3.88. The number of carboxylic acids is 1. The fourth-order valence-electron chi connectivity index (χ4n) is 2.06. The number of aliphatic carboxylic acids is 1. The van der Waals surface area contributed by atoms with Crippen molar-refractivity contribution in [2.45, 2.75) is 39.8 Å². The molecule has 6 heteroatoms. The summed E-state index contributed by atoms with van der Waals surface area (Å²) in [7, 11) is 0. The van der Waals surface area contributed by atoms with Crippen LogP contribution in [0.5, 0.6) is 0 Å². The minimum atomic E-state index is -0.782. The zero-order chi connectivity index (χ0) is 14.7. The second-order valence-corrected chi connectivity index (χ2v) is 7.21. The molecule has 2 heterocycles. The molecule has 4 nitrogen and oxygen atoms in total. The largest absolute Gasteiger partial charge is 0.481 e. The van der Waals surface area contributed by atoms with Gasteiger partial charge in [-0.2, -0.15) is 0 Å². The first kappa shape index (κ1) is 15.2. The van der Waals surface area contributed by atoms with E-state index in [0.717, 1.165) is 27.0 Å². The lowest BCUT2D eigenvalue weighted by atomic mass is 10.2. The number of hydrogen-bond donors (Lipinski definition) is 2. The summed E-state index contributed by atoms with van der Waals surface area (Å²) in [6, 6.07) is 4.14. The van der Waals surface area contributed by atoms with E-state index < -0.39 is 5.97 Å². The van der Waals surface area contributed by atoms with Crippen molar-refractivity contribution < 1.29 is 9.90 Å². The third-order valence-electron chi connectivity index (χ3n) is 2.96.